The fourth-order valence-corrected chi connectivity index (χ4v) is 0.782. The third-order valence-electron chi connectivity index (χ3n) is 1.46. The Bertz CT molecular complexity index is 175. The molecule has 0 bridgehead atoms. The lowest BCUT2D eigenvalue weighted by atomic mass is 10.1. The Morgan fingerprint density at radius 1 is 1.70 bits per heavy atom. The van der Waals surface area contributed by atoms with Crippen LogP contribution in [0.1, 0.15) is 15.3 Å². The molecule has 60 valence electrons. The molecule has 10 heavy (non-hydrogen) atoms. The molecule has 6 N–H and O–H groups in total. The Kier molecular flexibility index (Phi) is 2.96. The lowest BCUT2D eigenvalue weighted by Gasteiger charge is -2.17. The van der Waals surface area contributed by atoms with Crippen molar-refractivity contribution in [3.05, 3.63) is 23.5 Å². The maximum atomic E-state index is 5.63. The third kappa shape index (κ3) is 1.77. The van der Waals surface area contributed by atoms with Crippen LogP contribution < -0.4 is 17.2 Å². The van der Waals surface area contributed by atoms with Crippen molar-refractivity contribution in [1.29, 1.82) is 0 Å². The van der Waals surface area contributed by atoms with Crippen LogP contribution in [-0.4, -0.2) is 6.04 Å². The predicted molar refractivity (Wildman–Crippen MR) is 45.8 cm³/mol. The van der Waals surface area contributed by atoms with Gasteiger partial charge in [-0.1, -0.05) is 0 Å². The van der Waals surface area contributed by atoms with Gasteiger partial charge in [0.15, 0.2) is 0 Å². The predicted octanol–water partition coefficient (Wildman–Crippen LogP) is 1.13. The molecule has 0 fully saturated rings. The smallest absolute Gasteiger partial charge is 0.0624 e. The van der Waals surface area contributed by atoms with Crippen molar-refractivity contribution < 1.29 is 1.43 Å². The van der Waals surface area contributed by atoms with Crippen molar-refractivity contribution in [2.45, 2.75) is 19.9 Å². The molecule has 0 saturated carbocycles. The highest BCUT2D eigenvalue weighted by Crippen LogP contribution is 2.05. The number of allylic oxidation sites excluding steroid dienone is 2. The van der Waals surface area contributed by atoms with Gasteiger partial charge in [-0.15, -0.1) is 0 Å². The van der Waals surface area contributed by atoms with E-state index in [1.165, 1.54) is 5.57 Å². The molecule has 0 aromatic rings. The Morgan fingerprint density at radius 3 is 2.70 bits per heavy atom. The van der Waals surface area contributed by atoms with Crippen LogP contribution >= 0.6 is 0 Å². The quantitative estimate of drug-likeness (QED) is 0.476. The van der Waals surface area contributed by atoms with Gasteiger partial charge < -0.3 is 17.2 Å². The van der Waals surface area contributed by atoms with Gasteiger partial charge in [-0.25, -0.2) is 0 Å². The van der Waals surface area contributed by atoms with Gasteiger partial charge in [0, 0.05) is 7.12 Å². The summed E-state index contributed by atoms with van der Waals surface area (Å²) in [5, 5.41) is 3.13. The number of nitrogens with two attached hydrogens (primary N) is 1. The van der Waals surface area contributed by atoms with Crippen LogP contribution in [0.2, 0.25) is 0 Å². The standard InChI is InChI=1S/C7H12N2.H3N.H2/c1-5-3-7(8)6(2)9-4-5;;/h3-4,6,9H,8H2,1-2H3;1H3;1H. The largest absolute Gasteiger partial charge is 0.400 e. The molecule has 1 aliphatic heterocycles. The molecule has 0 aromatic carbocycles. The van der Waals surface area contributed by atoms with E-state index >= 15 is 0 Å². The van der Waals surface area contributed by atoms with Crippen LogP contribution in [0.4, 0.5) is 0 Å². The average Bonchev–Trinajstić information content (AvgIpc) is 1.80. The van der Waals surface area contributed by atoms with Gasteiger partial charge in [-0.05, 0) is 31.7 Å². The first-order valence-corrected chi connectivity index (χ1v) is 3.10. The van der Waals surface area contributed by atoms with Crippen LogP contribution in [0.5, 0.6) is 0 Å². The van der Waals surface area contributed by atoms with Gasteiger partial charge >= 0.3 is 0 Å². The fraction of sp³-hybridized carbons (Fsp3) is 0.429. The van der Waals surface area contributed by atoms with Gasteiger partial charge in [0.05, 0.1) is 6.04 Å². The molecule has 3 nitrogen and oxygen atoms in total. The summed E-state index contributed by atoms with van der Waals surface area (Å²) in [6.07, 6.45) is 3.96. The Labute approximate surface area is 63.1 Å². The van der Waals surface area contributed by atoms with E-state index in [1.54, 1.807) is 0 Å². The average molecular weight is 143 g/mol. The molecule has 0 aromatic heterocycles. The number of hydrogen-bond donors (Lipinski definition) is 3. The highest BCUT2D eigenvalue weighted by Gasteiger charge is 2.05. The maximum Gasteiger partial charge on any atom is 0.0624 e. The summed E-state index contributed by atoms with van der Waals surface area (Å²) in [5.41, 5.74) is 7.72. The van der Waals surface area contributed by atoms with Gasteiger partial charge in [0.2, 0.25) is 0 Å². The molecular formula is C7H17N3. The first-order valence-electron chi connectivity index (χ1n) is 3.10. The van der Waals surface area contributed by atoms with E-state index in [4.69, 9.17) is 5.73 Å². The van der Waals surface area contributed by atoms with E-state index in [9.17, 15) is 0 Å². The van der Waals surface area contributed by atoms with Crippen molar-refractivity contribution in [2.75, 3.05) is 0 Å². The lowest BCUT2D eigenvalue weighted by Crippen LogP contribution is -2.30. The minimum atomic E-state index is 0. The highest BCUT2D eigenvalue weighted by molar-refractivity contribution is 5.26. The van der Waals surface area contributed by atoms with Gasteiger partial charge in [-0.2, -0.15) is 0 Å². The number of hydrogen-bond acceptors (Lipinski definition) is 3. The SMILES string of the molecule is CC1=CNC(C)C(N)=C1.N.[HH]. The van der Waals surface area contributed by atoms with E-state index < -0.39 is 0 Å². The van der Waals surface area contributed by atoms with Gasteiger partial charge in [0.1, 0.15) is 0 Å². The van der Waals surface area contributed by atoms with E-state index in [1.807, 2.05) is 26.1 Å². The van der Waals surface area contributed by atoms with Crippen molar-refractivity contribution >= 4 is 0 Å². The van der Waals surface area contributed by atoms with Crippen molar-refractivity contribution in [3.8, 4) is 0 Å². The van der Waals surface area contributed by atoms with Crippen LogP contribution in [0.3, 0.4) is 0 Å². The van der Waals surface area contributed by atoms with E-state index in [-0.39, 0.29) is 7.58 Å². The molecule has 0 radical (unpaired) electrons. The van der Waals surface area contributed by atoms with Crippen molar-refractivity contribution in [1.82, 2.24) is 11.5 Å². The topological polar surface area (TPSA) is 73.0 Å². The molecule has 0 saturated heterocycles. The van der Waals surface area contributed by atoms with Crippen molar-refractivity contribution in [2.24, 2.45) is 5.73 Å². The zero-order chi connectivity index (χ0) is 6.85. The Balaban J connectivity index is 0. The molecule has 1 rings (SSSR count). The summed E-state index contributed by atoms with van der Waals surface area (Å²) in [6.45, 7) is 4.06. The first-order chi connectivity index (χ1) is 4.20. The second-order valence-electron chi connectivity index (χ2n) is 2.42. The van der Waals surface area contributed by atoms with Crippen molar-refractivity contribution in [3.63, 3.8) is 0 Å². The van der Waals surface area contributed by atoms with Gasteiger partial charge in [0.25, 0.3) is 0 Å². The molecule has 1 heterocycles. The van der Waals surface area contributed by atoms with Crippen LogP contribution in [-0.2, 0) is 0 Å². The summed E-state index contributed by atoms with van der Waals surface area (Å²) in [6, 6.07) is 0.300. The summed E-state index contributed by atoms with van der Waals surface area (Å²) >= 11 is 0. The second-order valence-corrected chi connectivity index (χ2v) is 2.42. The van der Waals surface area contributed by atoms with E-state index in [0.717, 1.165) is 5.70 Å². The normalized spacial score (nSPS) is 23.6. The first kappa shape index (κ1) is 9.04. The highest BCUT2D eigenvalue weighted by atomic mass is 14.9. The molecular weight excluding hydrogens is 126 g/mol. The minimum absolute atomic E-state index is 0. The van der Waals surface area contributed by atoms with Crippen LogP contribution in [0.25, 0.3) is 0 Å². The second kappa shape index (κ2) is 3.27. The summed E-state index contributed by atoms with van der Waals surface area (Å²) in [4.78, 5) is 0. The molecule has 1 atom stereocenters. The number of rotatable bonds is 0. The summed E-state index contributed by atoms with van der Waals surface area (Å²) < 4.78 is 0. The van der Waals surface area contributed by atoms with Crippen LogP contribution in [0, 0.1) is 0 Å². The molecule has 0 amide bonds. The zero-order valence-electron chi connectivity index (χ0n) is 6.52. The lowest BCUT2D eigenvalue weighted by molar-refractivity contribution is 0.703. The van der Waals surface area contributed by atoms with Gasteiger partial charge in [-0.3, -0.25) is 0 Å². The fourth-order valence-electron chi connectivity index (χ4n) is 0.782. The number of dihydropyridines is 1. The minimum Gasteiger partial charge on any atom is -0.400 e. The van der Waals surface area contributed by atoms with Crippen LogP contribution in [0.15, 0.2) is 23.5 Å². The Hall–Kier alpha value is -0.960. The molecule has 1 unspecified atom stereocenters. The monoisotopic (exact) mass is 143 g/mol. The Morgan fingerprint density at radius 2 is 2.30 bits per heavy atom. The van der Waals surface area contributed by atoms with E-state index in [2.05, 4.69) is 5.32 Å². The zero-order valence-corrected chi connectivity index (χ0v) is 6.52. The third-order valence-corrected chi connectivity index (χ3v) is 1.46. The van der Waals surface area contributed by atoms with E-state index in [0.29, 0.717) is 6.04 Å². The molecule has 1 aliphatic rings. The maximum absolute atomic E-state index is 5.63. The molecule has 3 heteroatoms. The number of nitrogens with one attached hydrogen (secondary N) is 1. The molecule has 0 aliphatic carbocycles. The summed E-state index contributed by atoms with van der Waals surface area (Å²) in [5.74, 6) is 0. The molecule has 0 spiro atoms. The summed E-state index contributed by atoms with van der Waals surface area (Å²) in [7, 11) is 0.